The van der Waals surface area contributed by atoms with E-state index in [1.165, 1.54) is 31.6 Å². The molecule has 0 radical (unpaired) electrons. The van der Waals surface area contributed by atoms with E-state index in [2.05, 4.69) is 20.1 Å². The number of methoxy groups -OCH3 is 1. The lowest BCUT2D eigenvalue weighted by Gasteiger charge is -2.14. The Labute approximate surface area is 153 Å². The van der Waals surface area contributed by atoms with Crippen molar-refractivity contribution in [2.75, 3.05) is 12.4 Å². The predicted octanol–water partition coefficient (Wildman–Crippen LogP) is 3.19. The molecule has 140 valence electrons. The predicted molar refractivity (Wildman–Crippen MR) is 93.1 cm³/mol. The molecular weight excluding hydrogens is 358 g/mol. The van der Waals surface area contributed by atoms with Crippen LogP contribution in [-0.4, -0.2) is 34.4 Å². The highest BCUT2D eigenvalue weighted by Gasteiger charge is 2.20. The number of aromatic nitrogens is 3. The fraction of sp³-hybridized carbons (Fsp3) is 0.167. The second-order valence-electron chi connectivity index (χ2n) is 5.46. The summed E-state index contributed by atoms with van der Waals surface area (Å²) in [7, 11) is 1.31. The normalized spacial score (nSPS) is 10.7. The van der Waals surface area contributed by atoms with E-state index in [1.54, 1.807) is 23.1 Å². The number of nitrogens with one attached hydrogen (secondary N) is 1. The Morgan fingerprint density at radius 2 is 2.00 bits per heavy atom. The minimum absolute atomic E-state index is 0.0473. The van der Waals surface area contributed by atoms with Crippen molar-refractivity contribution in [3.63, 3.8) is 0 Å². The molecule has 1 heterocycles. The van der Waals surface area contributed by atoms with Gasteiger partial charge in [-0.2, -0.15) is 13.9 Å². The summed E-state index contributed by atoms with van der Waals surface area (Å²) in [5, 5.41) is 6.68. The molecule has 1 N–H and O–H groups in total. The number of carbonyl (C=O) groups excluding carboxylic acids is 1. The summed E-state index contributed by atoms with van der Waals surface area (Å²) in [5.41, 5.74) is 1.41. The van der Waals surface area contributed by atoms with Crippen molar-refractivity contribution in [1.82, 2.24) is 14.8 Å². The van der Waals surface area contributed by atoms with E-state index >= 15 is 0 Å². The Hall–Kier alpha value is -3.49. The fourth-order valence-corrected chi connectivity index (χ4v) is 2.46. The molecule has 3 aromatic rings. The van der Waals surface area contributed by atoms with Gasteiger partial charge in [-0.1, -0.05) is 18.2 Å². The average molecular weight is 374 g/mol. The van der Waals surface area contributed by atoms with Crippen LogP contribution in [0.25, 0.3) is 0 Å². The Morgan fingerprint density at radius 1 is 1.22 bits per heavy atom. The Morgan fingerprint density at radius 3 is 2.63 bits per heavy atom. The molecule has 0 fully saturated rings. The van der Waals surface area contributed by atoms with Gasteiger partial charge >= 0.3 is 6.61 Å². The van der Waals surface area contributed by atoms with Gasteiger partial charge in [0.25, 0.3) is 5.91 Å². The number of hydrogen-bond donors (Lipinski definition) is 1. The summed E-state index contributed by atoms with van der Waals surface area (Å²) in [6.07, 6.45) is 3.05. The van der Waals surface area contributed by atoms with Gasteiger partial charge in [-0.15, -0.1) is 0 Å². The molecule has 1 aromatic heterocycles. The van der Waals surface area contributed by atoms with Crippen molar-refractivity contribution >= 4 is 11.6 Å². The molecule has 0 aliphatic heterocycles. The van der Waals surface area contributed by atoms with Crippen LogP contribution in [0.15, 0.2) is 55.1 Å². The molecule has 0 aliphatic rings. The first-order valence-electron chi connectivity index (χ1n) is 7.91. The second-order valence-corrected chi connectivity index (χ2v) is 5.46. The van der Waals surface area contributed by atoms with Crippen LogP contribution in [0, 0.1) is 0 Å². The van der Waals surface area contributed by atoms with Gasteiger partial charge in [-0.25, -0.2) is 9.67 Å². The van der Waals surface area contributed by atoms with Crippen LogP contribution in [0.4, 0.5) is 14.5 Å². The molecule has 0 atom stereocenters. The van der Waals surface area contributed by atoms with Gasteiger partial charge < -0.3 is 14.8 Å². The number of anilines is 1. The highest BCUT2D eigenvalue weighted by molar-refractivity contribution is 6.06. The number of amides is 1. The largest absolute Gasteiger partial charge is 0.493 e. The van der Waals surface area contributed by atoms with Crippen molar-refractivity contribution in [1.29, 1.82) is 0 Å². The van der Waals surface area contributed by atoms with E-state index in [9.17, 15) is 13.6 Å². The molecule has 3 rings (SSSR count). The van der Waals surface area contributed by atoms with Crippen molar-refractivity contribution in [2.24, 2.45) is 0 Å². The summed E-state index contributed by atoms with van der Waals surface area (Å²) in [5.74, 6) is -0.852. The smallest absolute Gasteiger partial charge is 0.387 e. The number of alkyl halides is 2. The van der Waals surface area contributed by atoms with E-state index in [4.69, 9.17) is 4.74 Å². The first-order valence-corrected chi connectivity index (χ1v) is 7.91. The number of para-hydroxylation sites is 1. The van der Waals surface area contributed by atoms with Crippen LogP contribution in [0.3, 0.4) is 0 Å². The number of hydrogen-bond acceptors (Lipinski definition) is 5. The van der Waals surface area contributed by atoms with Crippen molar-refractivity contribution in [3.8, 4) is 11.5 Å². The van der Waals surface area contributed by atoms with Gasteiger partial charge in [0.2, 0.25) is 0 Å². The van der Waals surface area contributed by atoms with Gasteiger partial charge in [0.1, 0.15) is 12.7 Å². The molecule has 0 saturated carbocycles. The SMILES string of the molecule is COc1cccc(C(=O)Nc2ccc(Cn3cncn3)cc2)c1OC(F)F. The number of benzene rings is 2. The van der Waals surface area contributed by atoms with E-state index < -0.39 is 12.5 Å². The lowest BCUT2D eigenvalue weighted by atomic mass is 10.1. The Balaban J connectivity index is 1.75. The average Bonchev–Trinajstić information content (AvgIpc) is 3.16. The summed E-state index contributed by atoms with van der Waals surface area (Å²) < 4.78 is 36.5. The third kappa shape index (κ3) is 4.57. The summed E-state index contributed by atoms with van der Waals surface area (Å²) >= 11 is 0. The van der Waals surface area contributed by atoms with Crippen molar-refractivity contribution in [2.45, 2.75) is 13.2 Å². The number of nitrogens with zero attached hydrogens (tertiary/aromatic N) is 3. The standard InChI is InChI=1S/C18H16F2N4O3/c1-26-15-4-2-3-14(16(15)27-18(19)20)17(25)23-13-7-5-12(6-8-13)9-24-11-21-10-22-24/h2-8,10-11,18H,9H2,1H3,(H,23,25). The van der Waals surface area contributed by atoms with Gasteiger partial charge in [0.15, 0.2) is 11.5 Å². The maximum atomic E-state index is 12.7. The minimum Gasteiger partial charge on any atom is -0.493 e. The Kier molecular flexibility index (Phi) is 5.60. The molecule has 0 aliphatic carbocycles. The van der Waals surface area contributed by atoms with Crippen LogP contribution in [0.1, 0.15) is 15.9 Å². The zero-order chi connectivity index (χ0) is 19.2. The van der Waals surface area contributed by atoms with Crippen LogP contribution in [0.2, 0.25) is 0 Å². The third-order valence-electron chi connectivity index (χ3n) is 3.67. The molecule has 7 nitrogen and oxygen atoms in total. The van der Waals surface area contributed by atoms with E-state index in [-0.39, 0.29) is 17.1 Å². The highest BCUT2D eigenvalue weighted by atomic mass is 19.3. The van der Waals surface area contributed by atoms with Crippen LogP contribution in [-0.2, 0) is 6.54 Å². The molecule has 0 saturated heterocycles. The zero-order valence-corrected chi connectivity index (χ0v) is 14.3. The van der Waals surface area contributed by atoms with Gasteiger partial charge in [-0.3, -0.25) is 4.79 Å². The molecule has 2 aromatic carbocycles. The third-order valence-corrected chi connectivity index (χ3v) is 3.67. The number of halogens is 2. The van der Waals surface area contributed by atoms with Gasteiger partial charge in [0.05, 0.1) is 19.2 Å². The van der Waals surface area contributed by atoms with Crippen molar-refractivity contribution < 1.29 is 23.0 Å². The number of ether oxygens (including phenoxy) is 2. The monoisotopic (exact) mass is 374 g/mol. The molecule has 1 amide bonds. The lowest BCUT2D eigenvalue weighted by Crippen LogP contribution is -2.15. The number of rotatable bonds is 7. The maximum absolute atomic E-state index is 12.7. The van der Waals surface area contributed by atoms with Crippen LogP contribution < -0.4 is 14.8 Å². The molecule has 0 bridgehead atoms. The first kappa shape index (κ1) is 18.3. The highest BCUT2D eigenvalue weighted by Crippen LogP contribution is 2.33. The van der Waals surface area contributed by atoms with Gasteiger partial charge in [-0.05, 0) is 29.8 Å². The van der Waals surface area contributed by atoms with E-state index in [0.717, 1.165) is 5.56 Å². The molecule has 0 unspecified atom stereocenters. The minimum atomic E-state index is -3.08. The lowest BCUT2D eigenvalue weighted by molar-refractivity contribution is -0.0515. The number of carbonyl (C=O) groups is 1. The zero-order valence-electron chi connectivity index (χ0n) is 14.3. The first-order chi connectivity index (χ1) is 13.1. The van der Waals surface area contributed by atoms with Crippen molar-refractivity contribution in [3.05, 3.63) is 66.2 Å². The van der Waals surface area contributed by atoms with Crippen LogP contribution >= 0.6 is 0 Å². The van der Waals surface area contributed by atoms with Crippen LogP contribution in [0.5, 0.6) is 11.5 Å². The summed E-state index contributed by atoms with van der Waals surface area (Å²) in [6.45, 7) is -2.54. The Bertz CT molecular complexity index is 899. The molecular formula is C18H16F2N4O3. The van der Waals surface area contributed by atoms with E-state index in [1.807, 2.05) is 12.1 Å². The topological polar surface area (TPSA) is 78.3 Å². The summed E-state index contributed by atoms with van der Waals surface area (Å²) in [6, 6.07) is 11.4. The fourth-order valence-electron chi connectivity index (χ4n) is 2.46. The molecule has 9 heteroatoms. The quantitative estimate of drug-likeness (QED) is 0.687. The second kappa shape index (κ2) is 8.26. The van der Waals surface area contributed by atoms with Gasteiger partial charge in [0, 0.05) is 5.69 Å². The molecule has 27 heavy (non-hydrogen) atoms. The van der Waals surface area contributed by atoms with E-state index in [0.29, 0.717) is 12.2 Å². The summed E-state index contributed by atoms with van der Waals surface area (Å²) in [4.78, 5) is 16.4. The maximum Gasteiger partial charge on any atom is 0.387 e. The molecule has 0 spiro atoms.